The molecule has 1 aliphatic heterocycles. The molecule has 1 aromatic heterocycles. The Labute approximate surface area is 169 Å². The van der Waals surface area contributed by atoms with Gasteiger partial charge in [0.1, 0.15) is 11.9 Å². The van der Waals surface area contributed by atoms with Crippen LogP contribution in [-0.4, -0.2) is 47.8 Å². The minimum atomic E-state index is 0.0748. The van der Waals surface area contributed by atoms with Crippen molar-refractivity contribution in [3.05, 3.63) is 59.4 Å². The Balaban J connectivity index is 1.40. The first-order chi connectivity index (χ1) is 13.6. The summed E-state index contributed by atoms with van der Waals surface area (Å²) in [5, 5.41) is 4.67. The van der Waals surface area contributed by atoms with Crippen LogP contribution >= 0.6 is 11.6 Å². The molecule has 1 aliphatic rings. The molecule has 0 fully saturated rings. The molecule has 0 saturated heterocycles. The van der Waals surface area contributed by atoms with E-state index in [1.807, 2.05) is 49.5 Å². The van der Waals surface area contributed by atoms with Crippen LogP contribution in [-0.2, 0) is 6.54 Å². The molecule has 6 nitrogen and oxygen atoms in total. The van der Waals surface area contributed by atoms with Gasteiger partial charge in [-0.3, -0.25) is 4.90 Å². The van der Waals surface area contributed by atoms with Crippen molar-refractivity contribution >= 4 is 17.3 Å². The van der Waals surface area contributed by atoms with Gasteiger partial charge in [0.2, 0.25) is 11.7 Å². The maximum atomic E-state index is 6.22. The summed E-state index contributed by atoms with van der Waals surface area (Å²) in [6.07, 6.45) is 0.0748. The van der Waals surface area contributed by atoms with Crippen LogP contribution in [0.3, 0.4) is 0 Å². The van der Waals surface area contributed by atoms with E-state index in [0.717, 1.165) is 36.6 Å². The number of anilines is 1. The summed E-state index contributed by atoms with van der Waals surface area (Å²) < 4.78 is 11.6. The summed E-state index contributed by atoms with van der Waals surface area (Å²) in [5.41, 5.74) is 1.93. The van der Waals surface area contributed by atoms with Crippen LogP contribution < -0.4 is 9.64 Å². The largest absolute Gasteiger partial charge is 0.485 e. The van der Waals surface area contributed by atoms with Crippen LogP contribution in [0.1, 0.15) is 12.8 Å². The number of nitrogens with zero attached hydrogens (tertiary/aromatic N) is 4. The Morgan fingerprint density at radius 3 is 2.79 bits per heavy atom. The summed E-state index contributed by atoms with van der Waals surface area (Å²) in [4.78, 5) is 8.97. The van der Waals surface area contributed by atoms with Crippen LogP contribution in [0.5, 0.6) is 5.75 Å². The molecule has 146 valence electrons. The lowest BCUT2D eigenvalue weighted by Crippen LogP contribution is -2.45. The van der Waals surface area contributed by atoms with Gasteiger partial charge in [-0.05, 0) is 38.2 Å². The average molecular weight is 399 g/mol. The molecule has 3 aromatic rings. The molecule has 2 aromatic carbocycles. The highest BCUT2D eigenvalue weighted by Gasteiger charge is 2.26. The molecule has 4 rings (SSSR count). The molecule has 0 N–H and O–H groups in total. The Hall–Kier alpha value is -2.57. The van der Waals surface area contributed by atoms with Gasteiger partial charge in [0.15, 0.2) is 0 Å². The second-order valence-corrected chi connectivity index (χ2v) is 7.34. The Bertz CT molecular complexity index is 945. The lowest BCUT2D eigenvalue weighted by molar-refractivity contribution is 0.133. The molecule has 0 unspecified atom stereocenters. The summed E-state index contributed by atoms with van der Waals surface area (Å²) in [6.45, 7) is 5.27. The van der Waals surface area contributed by atoms with Crippen molar-refractivity contribution in [1.82, 2.24) is 15.0 Å². The smallest absolute Gasteiger partial charge is 0.241 e. The first-order valence-electron chi connectivity index (χ1n) is 9.40. The van der Waals surface area contributed by atoms with E-state index in [1.165, 1.54) is 0 Å². The normalized spacial score (nSPS) is 16.1. The van der Waals surface area contributed by atoms with Crippen LogP contribution in [0.15, 0.2) is 53.1 Å². The van der Waals surface area contributed by atoms with Crippen molar-refractivity contribution in [2.75, 3.05) is 31.6 Å². The Morgan fingerprint density at radius 2 is 1.96 bits per heavy atom. The fourth-order valence-electron chi connectivity index (χ4n) is 3.49. The van der Waals surface area contributed by atoms with E-state index in [0.29, 0.717) is 23.3 Å². The molecule has 0 bridgehead atoms. The lowest BCUT2D eigenvalue weighted by Gasteiger charge is -2.37. The SMILES string of the molecule is CCN1C[C@@H](CN(C)Cc2nc(-c3ccccc3Cl)no2)Oc2ccccc21. The quantitative estimate of drug-likeness (QED) is 0.622. The number of likely N-dealkylation sites (N-methyl/N-ethyl adjacent to an activating group) is 2. The first kappa shape index (κ1) is 18.8. The lowest BCUT2D eigenvalue weighted by atomic mass is 10.2. The molecule has 0 aliphatic carbocycles. The van der Waals surface area contributed by atoms with Crippen molar-refractivity contribution in [1.29, 1.82) is 0 Å². The van der Waals surface area contributed by atoms with Crippen molar-refractivity contribution in [2.24, 2.45) is 0 Å². The van der Waals surface area contributed by atoms with Gasteiger partial charge >= 0.3 is 0 Å². The van der Waals surface area contributed by atoms with Crippen LogP contribution in [0, 0.1) is 0 Å². The second-order valence-electron chi connectivity index (χ2n) is 6.93. The minimum absolute atomic E-state index is 0.0748. The van der Waals surface area contributed by atoms with Gasteiger partial charge in [0.25, 0.3) is 0 Å². The minimum Gasteiger partial charge on any atom is -0.485 e. The third kappa shape index (κ3) is 3.98. The maximum absolute atomic E-state index is 6.22. The van der Waals surface area contributed by atoms with Gasteiger partial charge in [0, 0.05) is 18.7 Å². The number of halogens is 1. The molecule has 0 saturated carbocycles. The predicted octanol–water partition coefficient (Wildman–Crippen LogP) is 4.11. The maximum Gasteiger partial charge on any atom is 0.241 e. The van der Waals surface area contributed by atoms with Gasteiger partial charge in [-0.1, -0.05) is 41.0 Å². The number of aromatic nitrogens is 2. The number of rotatable bonds is 6. The standard InChI is InChI=1S/C21H23ClN4O2/c1-3-26-13-15(27-19-11-7-6-10-18(19)26)12-25(2)14-20-23-21(24-28-20)16-8-4-5-9-17(16)22/h4-11,15H,3,12-14H2,1-2H3/t15-/m1/s1. The van der Waals surface area contributed by atoms with Gasteiger partial charge in [0.05, 0.1) is 23.8 Å². The zero-order chi connectivity index (χ0) is 19.5. The van der Waals surface area contributed by atoms with Crippen molar-refractivity contribution in [3.8, 4) is 17.1 Å². The Morgan fingerprint density at radius 1 is 1.18 bits per heavy atom. The van der Waals surface area contributed by atoms with Crippen molar-refractivity contribution in [3.63, 3.8) is 0 Å². The topological polar surface area (TPSA) is 54.6 Å². The number of benzene rings is 2. The molecular weight excluding hydrogens is 376 g/mol. The highest BCUT2D eigenvalue weighted by molar-refractivity contribution is 6.33. The predicted molar refractivity (Wildman–Crippen MR) is 110 cm³/mol. The van der Waals surface area contributed by atoms with Crippen LogP contribution in [0.25, 0.3) is 11.4 Å². The van der Waals surface area contributed by atoms with E-state index < -0.39 is 0 Å². The molecule has 0 radical (unpaired) electrons. The van der Waals surface area contributed by atoms with E-state index in [9.17, 15) is 0 Å². The monoisotopic (exact) mass is 398 g/mol. The van der Waals surface area contributed by atoms with Crippen LogP contribution in [0.2, 0.25) is 5.02 Å². The van der Waals surface area contributed by atoms with Gasteiger partial charge < -0.3 is 14.2 Å². The number of fused-ring (bicyclic) bond motifs is 1. The fourth-order valence-corrected chi connectivity index (χ4v) is 3.71. The summed E-state index contributed by atoms with van der Waals surface area (Å²) >= 11 is 6.22. The highest BCUT2D eigenvalue weighted by atomic mass is 35.5. The van der Waals surface area contributed by atoms with Crippen molar-refractivity contribution < 1.29 is 9.26 Å². The summed E-state index contributed by atoms with van der Waals surface area (Å²) in [6, 6.07) is 15.7. The molecule has 28 heavy (non-hydrogen) atoms. The molecule has 1 atom stereocenters. The first-order valence-corrected chi connectivity index (χ1v) is 9.78. The molecule has 0 amide bonds. The van der Waals surface area contributed by atoms with Gasteiger partial charge in [-0.15, -0.1) is 0 Å². The molecule has 0 spiro atoms. The number of para-hydroxylation sites is 2. The van der Waals surface area contributed by atoms with E-state index in [2.05, 4.69) is 32.9 Å². The number of hydrogen-bond acceptors (Lipinski definition) is 6. The van der Waals surface area contributed by atoms with Crippen molar-refractivity contribution in [2.45, 2.75) is 19.6 Å². The van der Waals surface area contributed by atoms with Gasteiger partial charge in [-0.2, -0.15) is 4.98 Å². The molecular formula is C21H23ClN4O2. The molecule has 7 heteroatoms. The zero-order valence-corrected chi connectivity index (χ0v) is 16.8. The third-order valence-corrected chi connectivity index (χ3v) is 5.14. The second kappa shape index (κ2) is 8.20. The molecule has 2 heterocycles. The third-order valence-electron chi connectivity index (χ3n) is 4.81. The Kier molecular flexibility index (Phi) is 5.50. The van der Waals surface area contributed by atoms with E-state index >= 15 is 0 Å². The fraction of sp³-hybridized carbons (Fsp3) is 0.333. The number of ether oxygens (including phenoxy) is 1. The average Bonchev–Trinajstić information content (AvgIpc) is 3.15. The van der Waals surface area contributed by atoms with E-state index in [1.54, 1.807) is 0 Å². The zero-order valence-electron chi connectivity index (χ0n) is 16.0. The van der Waals surface area contributed by atoms with E-state index in [-0.39, 0.29) is 6.10 Å². The summed E-state index contributed by atoms with van der Waals surface area (Å²) in [7, 11) is 2.03. The summed E-state index contributed by atoms with van der Waals surface area (Å²) in [5.74, 6) is 2.00. The van der Waals surface area contributed by atoms with E-state index in [4.69, 9.17) is 20.9 Å². The van der Waals surface area contributed by atoms with Gasteiger partial charge in [-0.25, -0.2) is 0 Å². The highest BCUT2D eigenvalue weighted by Crippen LogP contribution is 2.33. The van der Waals surface area contributed by atoms with Crippen LogP contribution in [0.4, 0.5) is 5.69 Å². The number of hydrogen-bond donors (Lipinski definition) is 0.